The lowest BCUT2D eigenvalue weighted by molar-refractivity contribution is -0.167. The zero-order valence-electron chi connectivity index (χ0n) is 40.4. The Bertz CT molecular complexity index is 1220. The highest BCUT2D eigenvalue weighted by Gasteiger charge is 2.19. The van der Waals surface area contributed by atoms with Crippen molar-refractivity contribution >= 4 is 17.9 Å². The number of carbonyl (C=O) groups is 3. The van der Waals surface area contributed by atoms with Crippen molar-refractivity contribution in [2.75, 3.05) is 13.2 Å². The molecule has 0 spiro atoms. The minimum Gasteiger partial charge on any atom is -0.462 e. The molecule has 6 nitrogen and oxygen atoms in total. The van der Waals surface area contributed by atoms with E-state index >= 15 is 0 Å². The van der Waals surface area contributed by atoms with Gasteiger partial charge in [-0.3, -0.25) is 14.4 Å². The topological polar surface area (TPSA) is 78.9 Å². The standard InChI is InChI=1S/C56H94O6/c1-4-7-10-13-16-19-21-22-23-24-25-26-27-28-29-30-31-32-33-34-36-37-40-43-46-49-55(58)61-52-53(51-60-54(57)48-45-42-39-18-15-12-9-6-3)62-56(59)50-47-44-41-38-35-20-17-14-11-8-5-2/h7,10,16,19,22-23,25-26,28-29,31-32,34,36,53H,4-6,8-9,11-15,17-18,20-21,24,27,30,33,35,37-52H2,1-3H3/b10-7-,19-16-,23-22-,26-25-,29-28-,32-31-,36-34-. The molecule has 0 amide bonds. The smallest absolute Gasteiger partial charge is 0.306 e. The van der Waals surface area contributed by atoms with E-state index in [0.29, 0.717) is 19.3 Å². The second kappa shape index (κ2) is 50.2. The van der Waals surface area contributed by atoms with Gasteiger partial charge in [0.1, 0.15) is 13.2 Å². The number of ether oxygens (including phenoxy) is 3. The predicted octanol–water partition coefficient (Wildman–Crippen LogP) is 16.8. The lowest BCUT2D eigenvalue weighted by Crippen LogP contribution is -2.30. The fraction of sp³-hybridized carbons (Fsp3) is 0.696. The number of esters is 3. The summed E-state index contributed by atoms with van der Waals surface area (Å²) in [7, 11) is 0. The summed E-state index contributed by atoms with van der Waals surface area (Å²) in [5, 5.41) is 0. The van der Waals surface area contributed by atoms with E-state index in [4.69, 9.17) is 14.2 Å². The van der Waals surface area contributed by atoms with E-state index in [9.17, 15) is 14.4 Å². The Labute approximate surface area is 382 Å². The summed E-state index contributed by atoms with van der Waals surface area (Å²) in [4.78, 5) is 37.8. The molecule has 354 valence electrons. The van der Waals surface area contributed by atoms with Gasteiger partial charge >= 0.3 is 17.9 Å². The molecule has 0 saturated carbocycles. The quantitative estimate of drug-likeness (QED) is 0.0263. The van der Waals surface area contributed by atoms with Gasteiger partial charge in [0.15, 0.2) is 6.10 Å². The van der Waals surface area contributed by atoms with E-state index in [1.807, 2.05) is 0 Å². The van der Waals surface area contributed by atoms with Crippen molar-refractivity contribution in [3.63, 3.8) is 0 Å². The second-order valence-corrected chi connectivity index (χ2v) is 16.7. The molecule has 0 aliphatic heterocycles. The molecule has 62 heavy (non-hydrogen) atoms. The molecule has 0 bridgehead atoms. The second-order valence-electron chi connectivity index (χ2n) is 16.7. The number of hydrogen-bond acceptors (Lipinski definition) is 6. The highest BCUT2D eigenvalue weighted by atomic mass is 16.6. The van der Waals surface area contributed by atoms with Crippen LogP contribution in [0.4, 0.5) is 0 Å². The molecule has 0 N–H and O–H groups in total. The summed E-state index contributed by atoms with van der Waals surface area (Å²) < 4.78 is 16.7. The van der Waals surface area contributed by atoms with Gasteiger partial charge in [-0.15, -0.1) is 0 Å². The van der Waals surface area contributed by atoms with Gasteiger partial charge < -0.3 is 14.2 Å². The van der Waals surface area contributed by atoms with Crippen LogP contribution in [0.5, 0.6) is 0 Å². The molecule has 0 radical (unpaired) electrons. The number of rotatable bonds is 45. The third-order valence-corrected chi connectivity index (χ3v) is 10.7. The fourth-order valence-electron chi connectivity index (χ4n) is 6.83. The monoisotopic (exact) mass is 863 g/mol. The van der Waals surface area contributed by atoms with E-state index in [2.05, 4.69) is 106 Å². The average molecular weight is 863 g/mol. The molecule has 0 rings (SSSR count). The highest BCUT2D eigenvalue weighted by Crippen LogP contribution is 2.14. The minimum atomic E-state index is -0.784. The predicted molar refractivity (Wildman–Crippen MR) is 265 cm³/mol. The van der Waals surface area contributed by atoms with Gasteiger partial charge in [0, 0.05) is 19.3 Å². The van der Waals surface area contributed by atoms with E-state index in [-0.39, 0.29) is 31.1 Å². The van der Waals surface area contributed by atoms with Gasteiger partial charge in [-0.25, -0.2) is 0 Å². The van der Waals surface area contributed by atoms with Crippen molar-refractivity contribution < 1.29 is 28.6 Å². The molecule has 1 atom stereocenters. The molecule has 0 heterocycles. The zero-order valence-corrected chi connectivity index (χ0v) is 40.4. The third kappa shape index (κ3) is 47.6. The summed E-state index contributed by atoms with van der Waals surface area (Å²) >= 11 is 0. The van der Waals surface area contributed by atoms with Crippen molar-refractivity contribution in [3.8, 4) is 0 Å². The third-order valence-electron chi connectivity index (χ3n) is 10.7. The van der Waals surface area contributed by atoms with Gasteiger partial charge in [-0.2, -0.15) is 0 Å². The first kappa shape index (κ1) is 58.6. The molecular formula is C56H94O6. The zero-order chi connectivity index (χ0) is 45.1. The Morgan fingerprint density at radius 2 is 0.629 bits per heavy atom. The summed E-state index contributed by atoms with van der Waals surface area (Å²) in [5.41, 5.74) is 0. The lowest BCUT2D eigenvalue weighted by Gasteiger charge is -2.18. The van der Waals surface area contributed by atoms with Crippen LogP contribution < -0.4 is 0 Å². The van der Waals surface area contributed by atoms with Crippen LogP contribution in [-0.4, -0.2) is 37.2 Å². The van der Waals surface area contributed by atoms with Crippen LogP contribution in [-0.2, 0) is 28.6 Å². The summed E-state index contributed by atoms with van der Waals surface area (Å²) in [6.45, 7) is 6.45. The molecule has 6 heteroatoms. The highest BCUT2D eigenvalue weighted by molar-refractivity contribution is 5.71. The molecule has 0 saturated heterocycles. The molecular weight excluding hydrogens is 769 g/mol. The Morgan fingerprint density at radius 3 is 0.984 bits per heavy atom. The van der Waals surface area contributed by atoms with Crippen molar-refractivity contribution in [2.45, 2.75) is 239 Å². The number of unbranched alkanes of at least 4 members (excludes halogenated alkanes) is 20. The number of allylic oxidation sites excluding steroid dienone is 14. The molecule has 0 aromatic heterocycles. The van der Waals surface area contributed by atoms with Crippen LogP contribution in [0.2, 0.25) is 0 Å². The molecule has 0 aliphatic carbocycles. The van der Waals surface area contributed by atoms with E-state index in [0.717, 1.165) is 109 Å². The van der Waals surface area contributed by atoms with Gasteiger partial charge in [0.2, 0.25) is 0 Å². The maximum absolute atomic E-state index is 12.7. The first-order valence-corrected chi connectivity index (χ1v) is 25.6. The lowest BCUT2D eigenvalue weighted by atomic mass is 10.1. The van der Waals surface area contributed by atoms with Gasteiger partial charge in [0.05, 0.1) is 0 Å². The molecule has 0 aromatic rings. The maximum Gasteiger partial charge on any atom is 0.306 e. The summed E-state index contributed by atoms with van der Waals surface area (Å²) in [6, 6.07) is 0. The van der Waals surface area contributed by atoms with Crippen LogP contribution in [0.1, 0.15) is 233 Å². The molecule has 1 unspecified atom stereocenters. The Morgan fingerprint density at radius 1 is 0.339 bits per heavy atom. The van der Waals surface area contributed by atoms with Crippen molar-refractivity contribution in [3.05, 3.63) is 85.1 Å². The fourth-order valence-corrected chi connectivity index (χ4v) is 6.83. The van der Waals surface area contributed by atoms with Crippen LogP contribution >= 0.6 is 0 Å². The Hall–Kier alpha value is -3.41. The average Bonchev–Trinajstić information content (AvgIpc) is 3.27. The summed E-state index contributed by atoms with van der Waals surface area (Å²) in [6.07, 6.45) is 64.4. The van der Waals surface area contributed by atoms with Crippen molar-refractivity contribution in [1.29, 1.82) is 0 Å². The number of carbonyl (C=O) groups excluding carboxylic acids is 3. The van der Waals surface area contributed by atoms with E-state index in [1.165, 1.54) is 83.5 Å². The van der Waals surface area contributed by atoms with Crippen LogP contribution in [0, 0.1) is 0 Å². The molecule has 0 fully saturated rings. The normalized spacial score (nSPS) is 12.8. The first-order chi connectivity index (χ1) is 30.5. The van der Waals surface area contributed by atoms with Crippen LogP contribution in [0.25, 0.3) is 0 Å². The SMILES string of the molecule is CC/C=C\C/C=C\C/C=C\C/C=C\C/C=C\C/C=C\C/C=C\CCCCCC(=O)OCC(COC(=O)CCCCCCCCCC)OC(=O)CCCCCCCCCCCCC. The minimum absolute atomic E-state index is 0.0853. The summed E-state index contributed by atoms with van der Waals surface area (Å²) in [5.74, 6) is -0.926. The molecule has 0 aromatic carbocycles. The van der Waals surface area contributed by atoms with Crippen molar-refractivity contribution in [1.82, 2.24) is 0 Å². The largest absolute Gasteiger partial charge is 0.462 e. The van der Waals surface area contributed by atoms with Gasteiger partial charge in [-0.1, -0.05) is 221 Å². The maximum atomic E-state index is 12.7. The number of hydrogen-bond donors (Lipinski definition) is 0. The first-order valence-electron chi connectivity index (χ1n) is 25.6. The van der Waals surface area contributed by atoms with Gasteiger partial charge in [0.25, 0.3) is 0 Å². The van der Waals surface area contributed by atoms with Crippen LogP contribution in [0.15, 0.2) is 85.1 Å². The molecule has 0 aliphatic rings. The van der Waals surface area contributed by atoms with E-state index in [1.54, 1.807) is 0 Å². The van der Waals surface area contributed by atoms with Crippen molar-refractivity contribution in [2.24, 2.45) is 0 Å². The Balaban J connectivity index is 4.30. The van der Waals surface area contributed by atoms with E-state index < -0.39 is 6.10 Å². The van der Waals surface area contributed by atoms with Gasteiger partial charge in [-0.05, 0) is 77.0 Å². The Kier molecular flexibility index (Phi) is 47.5. The van der Waals surface area contributed by atoms with Crippen LogP contribution in [0.3, 0.4) is 0 Å².